The SMILES string of the molecule is N#Cc1cc(-c2cc(-c3cc(Cl)cc(C#N)c3O)cc(C#N)c2O)ccc1O. The largest absolute Gasteiger partial charge is 0.507 e. The number of benzene rings is 3. The van der Waals surface area contributed by atoms with E-state index in [-0.39, 0.29) is 50.1 Å². The normalized spacial score (nSPS) is 9.93. The average molecular weight is 388 g/mol. The molecule has 134 valence electrons. The predicted octanol–water partition coefficient (Wildman–Crippen LogP) is 4.41. The summed E-state index contributed by atoms with van der Waals surface area (Å²) in [5.74, 6) is -0.841. The minimum Gasteiger partial charge on any atom is -0.507 e. The summed E-state index contributed by atoms with van der Waals surface area (Å²) < 4.78 is 0. The molecule has 3 aromatic carbocycles. The van der Waals surface area contributed by atoms with E-state index in [2.05, 4.69) is 0 Å². The lowest BCUT2D eigenvalue weighted by molar-refractivity contribution is 0.472. The Labute approximate surface area is 165 Å². The number of nitriles is 3. The summed E-state index contributed by atoms with van der Waals surface area (Å²) in [6, 6.07) is 15.3. The molecule has 0 unspecified atom stereocenters. The summed E-state index contributed by atoms with van der Waals surface area (Å²) in [6.45, 7) is 0. The van der Waals surface area contributed by atoms with Crippen LogP contribution in [0.3, 0.4) is 0 Å². The maximum atomic E-state index is 10.5. The third kappa shape index (κ3) is 3.15. The van der Waals surface area contributed by atoms with Crippen LogP contribution in [-0.4, -0.2) is 15.3 Å². The molecule has 3 aromatic rings. The topological polar surface area (TPSA) is 132 Å². The zero-order valence-electron chi connectivity index (χ0n) is 14.1. The van der Waals surface area contributed by atoms with E-state index < -0.39 is 0 Å². The Morgan fingerprint density at radius 3 is 1.79 bits per heavy atom. The highest BCUT2D eigenvalue weighted by atomic mass is 35.5. The van der Waals surface area contributed by atoms with E-state index in [1.165, 1.54) is 42.5 Å². The van der Waals surface area contributed by atoms with Crippen LogP contribution in [0.25, 0.3) is 22.3 Å². The summed E-state index contributed by atoms with van der Waals surface area (Å²) in [5, 5.41) is 58.4. The Balaban J connectivity index is 2.33. The van der Waals surface area contributed by atoms with Gasteiger partial charge in [-0.2, -0.15) is 15.8 Å². The molecule has 0 atom stereocenters. The van der Waals surface area contributed by atoms with E-state index in [1.54, 1.807) is 0 Å². The molecule has 0 bridgehead atoms. The summed E-state index contributed by atoms with van der Waals surface area (Å²) in [4.78, 5) is 0. The van der Waals surface area contributed by atoms with Gasteiger partial charge in [0.05, 0.1) is 16.7 Å². The van der Waals surface area contributed by atoms with Gasteiger partial charge in [0.25, 0.3) is 0 Å². The Morgan fingerprint density at radius 1 is 0.643 bits per heavy atom. The van der Waals surface area contributed by atoms with Gasteiger partial charge in [0, 0.05) is 16.1 Å². The van der Waals surface area contributed by atoms with E-state index in [1.807, 2.05) is 18.2 Å². The van der Waals surface area contributed by atoms with Gasteiger partial charge in [-0.05, 0) is 47.5 Å². The maximum Gasteiger partial charge on any atom is 0.141 e. The Morgan fingerprint density at radius 2 is 1.18 bits per heavy atom. The van der Waals surface area contributed by atoms with Crippen LogP contribution in [0.1, 0.15) is 16.7 Å². The van der Waals surface area contributed by atoms with Gasteiger partial charge in [0.15, 0.2) is 0 Å². The first-order valence-electron chi connectivity index (χ1n) is 7.83. The van der Waals surface area contributed by atoms with Crippen molar-refractivity contribution in [3.63, 3.8) is 0 Å². The quantitative estimate of drug-likeness (QED) is 0.596. The van der Waals surface area contributed by atoms with Crippen LogP contribution in [0.4, 0.5) is 0 Å². The highest BCUT2D eigenvalue weighted by Crippen LogP contribution is 2.41. The fraction of sp³-hybridized carbons (Fsp3) is 0. The monoisotopic (exact) mass is 387 g/mol. The standard InChI is InChI=1S/C21H10ClN3O3/c22-16-5-15(10-25)21(28)18(7-16)12-4-14(9-24)20(27)17(6-12)11-1-2-19(26)13(3-11)8-23/h1-7,26-28H. The van der Waals surface area contributed by atoms with Crippen molar-refractivity contribution in [3.05, 3.63) is 64.2 Å². The van der Waals surface area contributed by atoms with Crippen molar-refractivity contribution < 1.29 is 15.3 Å². The molecule has 0 spiro atoms. The highest BCUT2D eigenvalue weighted by molar-refractivity contribution is 6.31. The van der Waals surface area contributed by atoms with Crippen molar-refractivity contribution in [3.8, 4) is 57.7 Å². The molecular weight excluding hydrogens is 378 g/mol. The van der Waals surface area contributed by atoms with E-state index >= 15 is 0 Å². The molecule has 0 saturated heterocycles. The fourth-order valence-electron chi connectivity index (χ4n) is 2.79. The van der Waals surface area contributed by atoms with Crippen molar-refractivity contribution >= 4 is 11.6 Å². The van der Waals surface area contributed by atoms with Crippen LogP contribution >= 0.6 is 11.6 Å². The van der Waals surface area contributed by atoms with Crippen LogP contribution in [0.2, 0.25) is 5.02 Å². The van der Waals surface area contributed by atoms with E-state index in [9.17, 15) is 20.6 Å². The third-order valence-corrected chi connectivity index (χ3v) is 4.38. The van der Waals surface area contributed by atoms with Crippen LogP contribution in [-0.2, 0) is 0 Å². The summed E-state index contributed by atoms with van der Waals surface area (Å²) in [5.41, 5.74) is 1.03. The molecule has 3 rings (SSSR count). The molecule has 6 nitrogen and oxygen atoms in total. The first kappa shape index (κ1) is 18.6. The lowest BCUT2D eigenvalue weighted by Crippen LogP contribution is -1.90. The smallest absolute Gasteiger partial charge is 0.141 e. The van der Waals surface area contributed by atoms with Crippen LogP contribution in [0.5, 0.6) is 17.2 Å². The average Bonchev–Trinajstić information content (AvgIpc) is 2.70. The molecular formula is C21H10ClN3O3. The van der Waals surface area contributed by atoms with Crippen molar-refractivity contribution in [1.29, 1.82) is 15.8 Å². The number of rotatable bonds is 2. The number of phenols is 3. The second kappa shape index (κ2) is 7.21. The molecule has 0 amide bonds. The van der Waals surface area contributed by atoms with Gasteiger partial charge in [-0.25, -0.2) is 0 Å². The van der Waals surface area contributed by atoms with Crippen molar-refractivity contribution in [2.24, 2.45) is 0 Å². The Hall–Kier alpha value is -4.18. The van der Waals surface area contributed by atoms with Crippen LogP contribution in [0, 0.1) is 34.0 Å². The van der Waals surface area contributed by atoms with Gasteiger partial charge >= 0.3 is 0 Å². The summed E-state index contributed by atoms with van der Waals surface area (Å²) >= 11 is 6.03. The zero-order valence-corrected chi connectivity index (χ0v) is 14.9. The molecule has 0 heterocycles. The summed E-state index contributed by atoms with van der Waals surface area (Å²) in [6.07, 6.45) is 0. The van der Waals surface area contributed by atoms with Crippen molar-refractivity contribution in [2.75, 3.05) is 0 Å². The molecule has 7 heteroatoms. The van der Waals surface area contributed by atoms with E-state index in [0.717, 1.165) is 0 Å². The first-order valence-corrected chi connectivity index (χ1v) is 8.21. The molecule has 3 N–H and O–H groups in total. The molecule has 0 fully saturated rings. The van der Waals surface area contributed by atoms with Gasteiger partial charge in [-0.1, -0.05) is 17.7 Å². The number of hydrogen-bond acceptors (Lipinski definition) is 6. The minimum absolute atomic E-state index is 0.00168. The number of phenolic OH excluding ortho intramolecular Hbond substituents is 3. The third-order valence-electron chi connectivity index (χ3n) is 4.16. The predicted molar refractivity (Wildman–Crippen MR) is 101 cm³/mol. The van der Waals surface area contributed by atoms with Gasteiger partial charge in [-0.15, -0.1) is 0 Å². The first-order chi connectivity index (χ1) is 13.4. The van der Waals surface area contributed by atoms with Crippen molar-refractivity contribution in [1.82, 2.24) is 0 Å². The lowest BCUT2D eigenvalue weighted by atomic mass is 9.93. The maximum absolute atomic E-state index is 10.5. The van der Waals surface area contributed by atoms with E-state index in [0.29, 0.717) is 11.1 Å². The second-order valence-corrected chi connectivity index (χ2v) is 6.27. The number of nitrogens with zero attached hydrogens (tertiary/aromatic N) is 3. The number of hydrogen-bond donors (Lipinski definition) is 3. The number of aromatic hydroxyl groups is 3. The molecule has 0 aromatic heterocycles. The lowest BCUT2D eigenvalue weighted by Gasteiger charge is -2.13. The minimum atomic E-state index is -0.317. The van der Waals surface area contributed by atoms with Crippen LogP contribution < -0.4 is 0 Å². The molecule has 0 radical (unpaired) electrons. The van der Waals surface area contributed by atoms with Gasteiger partial charge in [0.2, 0.25) is 0 Å². The fourth-order valence-corrected chi connectivity index (χ4v) is 3.01. The van der Waals surface area contributed by atoms with Crippen LogP contribution in [0.15, 0.2) is 42.5 Å². The van der Waals surface area contributed by atoms with Crippen molar-refractivity contribution in [2.45, 2.75) is 0 Å². The van der Waals surface area contributed by atoms with Gasteiger partial charge in [0.1, 0.15) is 35.5 Å². The summed E-state index contributed by atoms with van der Waals surface area (Å²) in [7, 11) is 0. The molecule has 28 heavy (non-hydrogen) atoms. The number of halogens is 1. The van der Waals surface area contributed by atoms with Gasteiger partial charge < -0.3 is 15.3 Å². The Bertz CT molecular complexity index is 1250. The molecule has 0 saturated carbocycles. The zero-order chi connectivity index (χ0) is 20.4. The Kier molecular flexibility index (Phi) is 4.79. The second-order valence-electron chi connectivity index (χ2n) is 5.84. The van der Waals surface area contributed by atoms with E-state index in [4.69, 9.17) is 22.1 Å². The van der Waals surface area contributed by atoms with Gasteiger partial charge in [-0.3, -0.25) is 0 Å². The highest BCUT2D eigenvalue weighted by Gasteiger charge is 2.18. The molecule has 0 aliphatic rings. The molecule has 0 aliphatic heterocycles. The molecule has 0 aliphatic carbocycles.